The summed E-state index contributed by atoms with van der Waals surface area (Å²) in [5.41, 5.74) is 0.479. The number of hydrogen-bond donors (Lipinski definition) is 0. The zero-order valence-corrected chi connectivity index (χ0v) is 12.3. The van der Waals surface area contributed by atoms with Crippen molar-refractivity contribution in [2.45, 2.75) is 0 Å². The molecule has 0 fully saturated rings. The van der Waals surface area contributed by atoms with Crippen LogP contribution in [-0.4, -0.2) is 26.2 Å². The van der Waals surface area contributed by atoms with Crippen molar-refractivity contribution in [1.29, 1.82) is 0 Å². The number of esters is 2. The summed E-state index contributed by atoms with van der Waals surface area (Å²) in [6.45, 7) is 0. The molecule has 0 bridgehead atoms. The van der Waals surface area contributed by atoms with Crippen molar-refractivity contribution >= 4 is 33.5 Å². The second-order valence-electron chi connectivity index (χ2n) is 4.82. The van der Waals surface area contributed by atoms with Crippen LogP contribution in [0, 0.1) is 0 Å². The van der Waals surface area contributed by atoms with Gasteiger partial charge < -0.3 is 9.47 Å². The van der Waals surface area contributed by atoms with Gasteiger partial charge >= 0.3 is 11.9 Å². The Hall–Kier alpha value is -2.88. The largest absolute Gasteiger partial charge is 0.465 e. The van der Waals surface area contributed by atoms with Gasteiger partial charge in [-0.3, -0.25) is 0 Å². The Morgan fingerprint density at radius 1 is 0.636 bits per heavy atom. The molecule has 0 N–H and O–H groups in total. The van der Waals surface area contributed by atoms with Gasteiger partial charge in [0.15, 0.2) is 0 Å². The number of ether oxygens (including phenoxy) is 2. The van der Waals surface area contributed by atoms with Crippen molar-refractivity contribution < 1.29 is 19.1 Å². The lowest BCUT2D eigenvalue weighted by Crippen LogP contribution is -2.13. The van der Waals surface area contributed by atoms with Crippen LogP contribution in [0.2, 0.25) is 0 Å². The number of benzene rings is 3. The van der Waals surface area contributed by atoms with Crippen LogP contribution in [0.3, 0.4) is 0 Å². The fourth-order valence-corrected chi connectivity index (χ4v) is 2.77. The third kappa shape index (κ3) is 2.00. The molecule has 110 valence electrons. The second kappa shape index (κ2) is 5.48. The lowest BCUT2D eigenvalue weighted by atomic mass is 9.91. The van der Waals surface area contributed by atoms with Gasteiger partial charge in [0, 0.05) is 0 Å². The molecule has 0 heterocycles. The van der Waals surface area contributed by atoms with Gasteiger partial charge in [0.05, 0.1) is 25.3 Å². The lowest BCUT2D eigenvalue weighted by molar-refractivity contribution is 0.0559. The van der Waals surface area contributed by atoms with Crippen LogP contribution in [0.1, 0.15) is 20.7 Å². The van der Waals surface area contributed by atoms with Crippen molar-refractivity contribution in [3.8, 4) is 0 Å². The molecule has 3 aromatic rings. The number of fused-ring (bicyclic) bond motifs is 3. The highest BCUT2D eigenvalue weighted by Crippen LogP contribution is 2.33. The molecule has 0 saturated carbocycles. The molecule has 3 rings (SSSR count). The summed E-state index contributed by atoms with van der Waals surface area (Å²) in [6.07, 6.45) is 0. The van der Waals surface area contributed by atoms with Gasteiger partial charge in [-0.2, -0.15) is 0 Å². The first-order valence-electron chi connectivity index (χ1n) is 6.79. The Labute approximate surface area is 127 Å². The van der Waals surface area contributed by atoms with Crippen LogP contribution in [0.25, 0.3) is 21.5 Å². The Morgan fingerprint density at radius 2 is 0.955 bits per heavy atom. The van der Waals surface area contributed by atoms with E-state index in [0.717, 1.165) is 10.8 Å². The molecule has 4 heteroatoms. The van der Waals surface area contributed by atoms with Crippen molar-refractivity contribution in [1.82, 2.24) is 0 Å². The third-order valence-corrected chi connectivity index (χ3v) is 3.71. The first-order chi connectivity index (χ1) is 10.7. The molecule has 0 saturated heterocycles. The van der Waals surface area contributed by atoms with Gasteiger partial charge in [0.25, 0.3) is 0 Å². The highest BCUT2D eigenvalue weighted by Gasteiger charge is 2.25. The Kier molecular flexibility index (Phi) is 3.51. The van der Waals surface area contributed by atoms with Crippen LogP contribution >= 0.6 is 0 Å². The minimum Gasteiger partial charge on any atom is -0.465 e. The number of rotatable bonds is 2. The van der Waals surface area contributed by atoms with Crippen molar-refractivity contribution in [2.75, 3.05) is 14.2 Å². The summed E-state index contributed by atoms with van der Waals surface area (Å²) in [7, 11) is 2.60. The van der Waals surface area contributed by atoms with Gasteiger partial charge in [-0.1, -0.05) is 48.5 Å². The maximum atomic E-state index is 12.3. The fourth-order valence-electron chi connectivity index (χ4n) is 2.77. The topological polar surface area (TPSA) is 52.6 Å². The average molecular weight is 294 g/mol. The van der Waals surface area contributed by atoms with Gasteiger partial charge in [0.2, 0.25) is 0 Å². The van der Waals surface area contributed by atoms with Crippen LogP contribution in [0.15, 0.2) is 48.5 Å². The molecule has 0 unspecified atom stereocenters. The van der Waals surface area contributed by atoms with E-state index < -0.39 is 11.9 Å². The van der Waals surface area contributed by atoms with Crippen LogP contribution in [0.4, 0.5) is 0 Å². The lowest BCUT2D eigenvalue weighted by Gasteiger charge is -2.14. The number of carbonyl (C=O) groups is 2. The highest BCUT2D eigenvalue weighted by atomic mass is 16.5. The molecule has 0 aliphatic carbocycles. The van der Waals surface area contributed by atoms with Crippen LogP contribution in [-0.2, 0) is 9.47 Å². The number of carbonyl (C=O) groups excluding carboxylic acids is 2. The van der Waals surface area contributed by atoms with E-state index in [-0.39, 0.29) is 11.1 Å². The molecule has 3 aromatic carbocycles. The van der Waals surface area contributed by atoms with Gasteiger partial charge in [-0.05, 0) is 21.5 Å². The Balaban J connectivity index is 2.60. The average Bonchev–Trinajstić information content (AvgIpc) is 2.59. The summed E-state index contributed by atoms with van der Waals surface area (Å²) >= 11 is 0. The molecule has 22 heavy (non-hydrogen) atoms. The zero-order chi connectivity index (χ0) is 15.7. The van der Waals surface area contributed by atoms with E-state index in [1.54, 1.807) is 12.1 Å². The first kappa shape index (κ1) is 14.1. The third-order valence-electron chi connectivity index (χ3n) is 3.71. The Bertz CT molecular complexity index is 821. The fraction of sp³-hybridized carbons (Fsp3) is 0.111. The summed E-state index contributed by atoms with van der Waals surface area (Å²) < 4.78 is 9.76. The van der Waals surface area contributed by atoms with Crippen LogP contribution in [0.5, 0.6) is 0 Å². The van der Waals surface area contributed by atoms with Crippen molar-refractivity contribution in [2.24, 2.45) is 0 Å². The molecule has 0 aliphatic heterocycles. The molecule has 0 radical (unpaired) electrons. The standard InChI is InChI=1S/C18H14O4/c1-21-17(19)15-13-9-5-3-7-11(13)12-8-4-6-10-14(12)16(15)18(20)22-2/h3-10H,1-2H3. The maximum absolute atomic E-state index is 12.3. The highest BCUT2D eigenvalue weighted by molar-refractivity contribution is 6.24. The normalized spacial score (nSPS) is 10.6. The summed E-state index contributed by atoms with van der Waals surface area (Å²) in [5.74, 6) is -1.11. The van der Waals surface area contributed by atoms with E-state index in [1.807, 2.05) is 36.4 Å². The van der Waals surface area contributed by atoms with E-state index in [1.165, 1.54) is 14.2 Å². The van der Waals surface area contributed by atoms with E-state index >= 15 is 0 Å². The molecular weight excluding hydrogens is 280 g/mol. The summed E-state index contributed by atoms with van der Waals surface area (Å²) in [4.78, 5) is 24.6. The summed E-state index contributed by atoms with van der Waals surface area (Å²) in [6, 6.07) is 14.9. The maximum Gasteiger partial charge on any atom is 0.339 e. The molecule has 0 atom stereocenters. The van der Waals surface area contributed by atoms with Gasteiger partial charge in [-0.15, -0.1) is 0 Å². The van der Waals surface area contributed by atoms with E-state index in [4.69, 9.17) is 9.47 Å². The molecule has 0 amide bonds. The number of methoxy groups -OCH3 is 2. The van der Waals surface area contributed by atoms with Gasteiger partial charge in [-0.25, -0.2) is 9.59 Å². The molecule has 4 nitrogen and oxygen atoms in total. The second-order valence-corrected chi connectivity index (χ2v) is 4.82. The van der Waals surface area contributed by atoms with E-state index in [0.29, 0.717) is 10.8 Å². The SMILES string of the molecule is COC(=O)c1c(C(=O)OC)c2ccccc2c2ccccc12. The molecular formula is C18H14O4. The zero-order valence-electron chi connectivity index (χ0n) is 12.3. The summed E-state index contributed by atoms with van der Waals surface area (Å²) in [5, 5.41) is 3.14. The minimum atomic E-state index is -0.553. The predicted octanol–water partition coefficient (Wildman–Crippen LogP) is 3.57. The quantitative estimate of drug-likeness (QED) is 0.535. The van der Waals surface area contributed by atoms with E-state index in [2.05, 4.69) is 0 Å². The molecule has 0 aromatic heterocycles. The Morgan fingerprint density at radius 3 is 1.27 bits per heavy atom. The first-order valence-corrected chi connectivity index (χ1v) is 6.79. The minimum absolute atomic E-state index is 0.239. The van der Waals surface area contributed by atoms with Crippen LogP contribution < -0.4 is 0 Å². The predicted molar refractivity (Wildman–Crippen MR) is 84.1 cm³/mol. The smallest absolute Gasteiger partial charge is 0.339 e. The number of hydrogen-bond acceptors (Lipinski definition) is 4. The molecule has 0 spiro atoms. The monoisotopic (exact) mass is 294 g/mol. The van der Waals surface area contributed by atoms with E-state index in [9.17, 15) is 9.59 Å². The van der Waals surface area contributed by atoms with Crippen molar-refractivity contribution in [3.05, 3.63) is 59.7 Å². The van der Waals surface area contributed by atoms with Gasteiger partial charge in [0.1, 0.15) is 0 Å². The van der Waals surface area contributed by atoms with Crippen molar-refractivity contribution in [3.63, 3.8) is 0 Å². The molecule has 0 aliphatic rings.